The van der Waals surface area contributed by atoms with E-state index in [2.05, 4.69) is 5.32 Å². The monoisotopic (exact) mass is 89.1 g/mol. The van der Waals surface area contributed by atoms with Gasteiger partial charge in [0.05, 0.1) is 0 Å². The summed E-state index contributed by atoms with van der Waals surface area (Å²) in [6.45, 7) is 2.50. The summed E-state index contributed by atoms with van der Waals surface area (Å²) in [7, 11) is 0. The summed E-state index contributed by atoms with van der Waals surface area (Å²) < 4.78 is 0. The van der Waals surface area contributed by atoms with Gasteiger partial charge >= 0.3 is 0 Å². The van der Waals surface area contributed by atoms with Gasteiger partial charge in [0.15, 0.2) is 0 Å². The van der Waals surface area contributed by atoms with Crippen molar-refractivity contribution in [2.75, 3.05) is 13.1 Å². The summed E-state index contributed by atoms with van der Waals surface area (Å²) in [5.41, 5.74) is 0. The number of hydrogen-bond acceptors (Lipinski definition) is 1. The third-order valence-corrected chi connectivity index (χ3v) is 0.957. The van der Waals surface area contributed by atoms with Gasteiger partial charge in [-0.05, 0) is 25.9 Å². The van der Waals surface area contributed by atoms with E-state index in [0.717, 1.165) is 0 Å². The van der Waals surface area contributed by atoms with Crippen molar-refractivity contribution in [3.63, 3.8) is 0 Å². The second-order valence-electron chi connectivity index (χ2n) is 1.46. The lowest BCUT2D eigenvalue weighted by molar-refractivity contribution is 0.857. The Morgan fingerprint density at radius 2 is 1.50 bits per heavy atom. The van der Waals surface area contributed by atoms with Crippen molar-refractivity contribution in [2.45, 2.75) is 12.8 Å². The molecule has 5 N–H and O–H groups in total. The summed E-state index contributed by atoms with van der Waals surface area (Å²) in [6.07, 6.45) is 2.78. The first-order chi connectivity index (χ1) is 2.50. The van der Waals surface area contributed by atoms with Crippen LogP contribution >= 0.6 is 0 Å². The van der Waals surface area contributed by atoms with Crippen molar-refractivity contribution >= 4 is 0 Å². The zero-order valence-electron chi connectivity index (χ0n) is 4.33. The normalized spacial score (nSPS) is 20.0. The fourth-order valence-electron chi connectivity index (χ4n) is 0.625. The lowest BCUT2D eigenvalue weighted by Gasteiger charge is -1.76. The predicted molar refractivity (Wildman–Crippen MR) is 28.1 cm³/mol. The molecule has 0 amide bonds. The summed E-state index contributed by atoms with van der Waals surface area (Å²) >= 11 is 0. The minimum absolute atomic E-state index is 0. The zero-order valence-corrected chi connectivity index (χ0v) is 4.33. The van der Waals surface area contributed by atoms with Crippen LogP contribution < -0.4 is 11.5 Å². The SMILES string of the molecule is C1CCNC1.[NH4+]. The van der Waals surface area contributed by atoms with Gasteiger partial charge in [0.2, 0.25) is 0 Å². The molecule has 0 unspecified atom stereocenters. The average molecular weight is 89.2 g/mol. The molecule has 0 radical (unpaired) electrons. The Balaban J connectivity index is 0.000000250. The van der Waals surface area contributed by atoms with Crippen LogP contribution in [0.25, 0.3) is 0 Å². The number of rotatable bonds is 0. The molecular formula is C4H13N2+. The van der Waals surface area contributed by atoms with Crippen LogP contribution in [0.2, 0.25) is 0 Å². The van der Waals surface area contributed by atoms with Gasteiger partial charge in [-0.1, -0.05) is 0 Å². The Kier molecular flexibility index (Phi) is 3.08. The van der Waals surface area contributed by atoms with Gasteiger partial charge in [-0.15, -0.1) is 0 Å². The van der Waals surface area contributed by atoms with E-state index < -0.39 is 0 Å². The molecule has 0 saturated carbocycles. The van der Waals surface area contributed by atoms with Crippen LogP contribution in [0.3, 0.4) is 0 Å². The molecule has 1 saturated heterocycles. The highest BCUT2D eigenvalue weighted by Gasteiger charge is 1.93. The molecule has 0 aromatic carbocycles. The third kappa shape index (κ3) is 1.38. The van der Waals surface area contributed by atoms with Gasteiger partial charge in [-0.25, -0.2) is 0 Å². The maximum absolute atomic E-state index is 3.22. The summed E-state index contributed by atoms with van der Waals surface area (Å²) in [6, 6.07) is 0. The average Bonchev–Trinajstić information content (AvgIpc) is 1.76. The molecule has 1 heterocycles. The Bertz CT molecular complexity index is 17.1. The molecule has 2 heteroatoms. The van der Waals surface area contributed by atoms with Crippen molar-refractivity contribution in [3.05, 3.63) is 0 Å². The minimum atomic E-state index is 0. The molecule has 0 aromatic rings. The number of quaternary nitrogens is 1. The van der Waals surface area contributed by atoms with Gasteiger partial charge in [0.1, 0.15) is 0 Å². The first-order valence-electron chi connectivity index (χ1n) is 2.21. The van der Waals surface area contributed by atoms with E-state index in [1.807, 2.05) is 0 Å². The second kappa shape index (κ2) is 3.12. The molecule has 0 bridgehead atoms. The lowest BCUT2D eigenvalue weighted by atomic mass is 10.4. The Labute approximate surface area is 38.5 Å². The molecule has 0 spiro atoms. The molecule has 1 aliphatic rings. The highest BCUT2D eigenvalue weighted by atomic mass is 14.9. The Hall–Kier alpha value is -0.0800. The van der Waals surface area contributed by atoms with Crippen LogP contribution in [-0.4, -0.2) is 13.1 Å². The highest BCUT2D eigenvalue weighted by Crippen LogP contribution is 1.90. The molecule has 38 valence electrons. The van der Waals surface area contributed by atoms with Gasteiger partial charge in [0.25, 0.3) is 0 Å². The highest BCUT2D eigenvalue weighted by molar-refractivity contribution is 4.55. The van der Waals surface area contributed by atoms with Gasteiger partial charge in [0, 0.05) is 0 Å². The van der Waals surface area contributed by atoms with E-state index in [1.54, 1.807) is 0 Å². The van der Waals surface area contributed by atoms with Crippen LogP contribution in [-0.2, 0) is 0 Å². The fraction of sp³-hybridized carbons (Fsp3) is 1.00. The minimum Gasteiger partial charge on any atom is -0.369 e. The first-order valence-corrected chi connectivity index (χ1v) is 2.21. The molecule has 1 fully saturated rings. The van der Waals surface area contributed by atoms with Gasteiger partial charge in [-0.3, -0.25) is 0 Å². The third-order valence-electron chi connectivity index (χ3n) is 0.957. The zero-order chi connectivity index (χ0) is 3.54. The topological polar surface area (TPSA) is 48.5 Å². The lowest BCUT2D eigenvalue weighted by Crippen LogP contribution is -2.03. The van der Waals surface area contributed by atoms with E-state index in [0.29, 0.717) is 0 Å². The van der Waals surface area contributed by atoms with Crippen molar-refractivity contribution in [2.24, 2.45) is 0 Å². The number of hydrogen-bond donors (Lipinski definition) is 2. The van der Waals surface area contributed by atoms with Crippen LogP contribution in [0.1, 0.15) is 12.8 Å². The standard InChI is InChI=1S/C4H9N.H3N/c1-2-4-5-3-1;/h5H,1-4H2;1H3/p+1. The molecule has 1 aliphatic heterocycles. The Morgan fingerprint density at radius 3 is 1.67 bits per heavy atom. The largest absolute Gasteiger partial charge is 0.369 e. The van der Waals surface area contributed by atoms with Crippen molar-refractivity contribution in [1.82, 2.24) is 11.5 Å². The van der Waals surface area contributed by atoms with Crippen molar-refractivity contribution in [3.8, 4) is 0 Å². The second-order valence-corrected chi connectivity index (χ2v) is 1.46. The van der Waals surface area contributed by atoms with Crippen LogP contribution in [0, 0.1) is 0 Å². The summed E-state index contributed by atoms with van der Waals surface area (Å²) in [4.78, 5) is 0. The molecule has 0 aliphatic carbocycles. The molecule has 6 heavy (non-hydrogen) atoms. The van der Waals surface area contributed by atoms with E-state index in [4.69, 9.17) is 0 Å². The first kappa shape index (κ1) is 5.92. The summed E-state index contributed by atoms with van der Waals surface area (Å²) in [5, 5.41) is 3.22. The Morgan fingerprint density at radius 1 is 1.00 bits per heavy atom. The predicted octanol–water partition coefficient (Wildman–Crippen LogP) is 0.746. The van der Waals surface area contributed by atoms with Crippen molar-refractivity contribution in [1.29, 1.82) is 0 Å². The fourth-order valence-corrected chi connectivity index (χ4v) is 0.625. The smallest absolute Gasteiger partial charge is 0.00484 e. The molecule has 1 rings (SSSR count). The summed E-state index contributed by atoms with van der Waals surface area (Å²) in [5.74, 6) is 0. The van der Waals surface area contributed by atoms with E-state index in [9.17, 15) is 0 Å². The van der Waals surface area contributed by atoms with Gasteiger partial charge < -0.3 is 11.5 Å². The molecular weight excluding hydrogens is 76.1 g/mol. The van der Waals surface area contributed by atoms with Crippen LogP contribution in [0.5, 0.6) is 0 Å². The van der Waals surface area contributed by atoms with Crippen molar-refractivity contribution < 1.29 is 0 Å². The van der Waals surface area contributed by atoms with E-state index in [1.165, 1.54) is 25.9 Å². The number of nitrogens with one attached hydrogen (secondary N) is 1. The van der Waals surface area contributed by atoms with Gasteiger partial charge in [-0.2, -0.15) is 0 Å². The van der Waals surface area contributed by atoms with E-state index >= 15 is 0 Å². The van der Waals surface area contributed by atoms with E-state index in [-0.39, 0.29) is 6.15 Å². The molecule has 0 aromatic heterocycles. The molecule has 0 atom stereocenters. The quantitative estimate of drug-likeness (QED) is 0.452. The maximum atomic E-state index is 3.22. The molecule has 2 nitrogen and oxygen atoms in total. The van der Waals surface area contributed by atoms with Crippen LogP contribution in [0.15, 0.2) is 0 Å². The van der Waals surface area contributed by atoms with Crippen LogP contribution in [0.4, 0.5) is 0 Å². The maximum Gasteiger partial charge on any atom is -0.00484 e.